The Morgan fingerprint density at radius 3 is 2.94 bits per heavy atom. The molecule has 0 aliphatic heterocycles. The zero-order chi connectivity index (χ0) is 11.2. The minimum absolute atomic E-state index is 0.655. The van der Waals surface area contributed by atoms with E-state index in [1.807, 2.05) is 25.2 Å². The standard InChI is InChI=1S/C11H13N5/c1-12-8-11-14-6-4-10(16-11)15-9-3-2-5-13-7-9/h2-7,12H,8H2,1H3,(H,14,15,16). The predicted octanol–water partition coefficient (Wildman–Crippen LogP) is 1.33. The van der Waals surface area contributed by atoms with Crippen molar-refractivity contribution in [1.29, 1.82) is 0 Å². The molecule has 2 rings (SSSR count). The van der Waals surface area contributed by atoms with Gasteiger partial charge in [-0.05, 0) is 25.2 Å². The molecule has 2 heterocycles. The van der Waals surface area contributed by atoms with Crippen LogP contribution in [0, 0.1) is 0 Å². The number of rotatable bonds is 4. The van der Waals surface area contributed by atoms with Gasteiger partial charge in [-0.2, -0.15) is 0 Å². The Hall–Kier alpha value is -2.01. The quantitative estimate of drug-likeness (QED) is 0.805. The number of nitrogens with one attached hydrogen (secondary N) is 2. The van der Waals surface area contributed by atoms with E-state index in [-0.39, 0.29) is 0 Å². The Kier molecular flexibility index (Phi) is 3.40. The van der Waals surface area contributed by atoms with Gasteiger partial charge in [0.15, 0.2) is 0 Å². The van der Waals surface area contributed by atoms with Crippen LogP contribution in [0.1, 0.15) is 5.82 Å². The summed E-state index contributed by atoms with van der Waals surface area (Å²) in [7, 11) is 1.87. The number of pyridine rings is 1. The van der Waals surface area contributed by atoms with Crippen LogP contribution in [0.2, 0.25) is 0 Å². The highest BCUT2D eigenvalue weighted by molar-refractivity contribution is 5.53. The molecule has 82 valence electrons. The van der Waals surface area contributed by atoms with E-state index in [9.17, 15) is 0 Å². The first kappa shape index (κ1) is 10.5. The zero-order valence-electron chi connectivity index (χ0n) is 9.01. The second kappa shape index (κ2) is 5.18. The van der Waals surface area contributed by atoms with Crippen molar-refractivity contribution in [2.75, 3.05) is 12.4 Å². The number of hydrogen-bond donors (Lipinski definition) is 2. The number of nitrogens with zero attached hydrogens (tertiary/aromatic N) is 3. The normalized spacial score (nSPS) is 10.1. The molecule has 0 bridgehead atoms. The highest BCUT2D eigenvalue weighted by Crippen LogP contribution is 2.11. The molecule has 0 aliphatic carbocycles. The third-order valence-electron chi connectivity index (χ3n) is 1.97. The molecule has 5 heteroatoms. The highest BCUT2D eigenvalue weighted by Gasteiger charge is 1.98. The van der Waals surface area contributed by atoms with E-state index < -0.39 is 0 Å². The summed E-state index contributed by atoms with van der Waals surface area (Å²) in [5.74, 6) is 1.53. The second-order valence-corrected chi connectivity index (χ2v) is 3.26. The molecule has 16 heavy (non-hydrogen) atoms. The average Bonchev–Trinajstić information content (AvgIpc) is 2.31. The van der Waals surface area contributed by atoms with Gasteiger partial charge in [0, 0.05) is 12.4 Å². The molecule has 0 fully saturated rings. The molecule has 0 saturated carbocycles. The Bertz CT molecular complexity index is 443. The van der Waals surface area contributed by atoms with E-state index in [0.29, 0.717) is 6.54 Å². The molecule has 0 radical (unpaired) electrons. The lowest BCUT2D eigenvalue weighted by molar-refractivity contribution is 0.759. The maximum absolute atomic E-state index is 4.35. The largest absolute Gasteiger partial charge is 0.339 e. The van der Waals surface area contributed by atoms with E-state index in [0.717, 1.165) is 17.3 Å². The van der Waals surface area contributed by atoms with E-state index in [2.05, 4.69) is 25.6 Å². The molecule has 2 aromatic rings. The van der Waals surface area contributed by atoms with Crippen LogP contribution < -0.4 is 10.6 Å². The molecule has 0 unspecified atom stereocenters. The maximum atomic E-state index is 4.35. The van der Waals surface area contributed by atoms with Gasteiger partial charge < -0.3 is 10.6 Å². The van der Waals surface area contributed by atoms with Gasteiger partial charge in [0.25, 0.3) is 0 Å². The van der Waals surface area contributed by atoms with Gasteiger partial charge in [-0.1, -0.05) is 0 Å². The van der Waals surface area contributed by atoms with Gasteiger partial charge >= 0.3 is 0 Å². The summed E-state index contributed by atoms with van der Waals surface area (Å²) in [6.45, 7) is 0.655. The fourth-order valence-electron chi connectivity index (χ4n) is 1.30. The lowest BCUT2D eigenvalue weighted by atomic mass is 10.4. The van der Waals surface area contributed by atoms with E-state index >= 15 is 0 Å². The smallest absolute Gasteiger partial charge is 0.144 e. The third kappa shape index (κ3) is 2.74. The van der Waals surface area contributed by atoms with E-state index in [4.69, 9.17) is 0 Å². The minimum Gasteiger partial charge on any atom is -0.339 e. The summed E-state index contributed by atoms with van der Waals surface area (Å²) in [5, 5.41) is 6.17. The van der Waals surface area contributed by atoms with Gasteiger partial charge in [0.05, 0.1) is 18.4 Å². The molecule has 5 nitrogen and oxygen atoms in total. The topological polar surface area (TPSA) is 62.7 Å². The molecule has 0 atom stereocenters. The minimum atomic E-state index is 0.655. The molecular weight excluding hydrogens is 202 g/mol. The van der Waals surface area contributed by atoms with E-state index in [1.165, 1.54) is 0 Å². The van der Waals surface area contributed by atoms with Crippen LogP contribution in [0.25, 0.3) is 0 Å². The lowest BCUT2D eigenvalue weighted by Gasteiger charge is -2.05. The van der Waals surface area contributed by atoms with Gasteiger partial charge in [0.1, 0.15) is 11.6 Å². The van der Waals surface area contributed by atoms with Crippen molar-refractivity contribution in [2.45, 2.75) is 6.54 Å². The average molecular weight is 215 g/mol. The van der Waals surface area contributed by atoms with Crippen LogP contribution in [0.3, 0.4) is 0 Å². The first-order chi connectivity index (χ1) is 7.88. The summed E-state index contributed by atoms with van der Waals surface area (Å²) in [5.41, 5.74) is 0.914. The highest BCUT2D eigenvalue weighted by atomic mass is 15.0. The molecule has 0 aromatic carbocycles. The SMILES string of the molecule is CNCc1nccc(Nc2cccnc2)n1. The lowest BCUT2D eigenvalue weighted by Crippen LogP contribution is -2.09. The summed E-state index contributed by atoms with van der Waals surface area (Å²) < 4.78 is 0. The number of aromatic nitrogens is 3. The van der Waals surface area contributed by atoms with E-state index in [1.54, 1.807) is 18.6 Å². The Balaban J connectivity index is 2.12. The van der Waals surface area contributed by atoms with Crippen LogP contribution in [0.15, 0.2) is 36.8 Å². The van der Waals surface area contributed by atoms with Gasteiger partial charge in [-0.3, -0.25) is 4.98 Å². The molecule has 0 amide bonds. The first-order valence-electron chi connectivity index (χ1n) is 5.02. The number of hydrogen-bond acceptors (Lipinski definition) is 5. The van der Waals surface area contributed by atoms with Crippen LogP contribution in [0.5, 0.6) is 0 Å². The molecule has 0 spiro atoms. The fourth-order valence-corrected chi connectivity index (χ4v) is 1.30. The maximum Gasteiger partial charge on any atom is 0.144 e. The fraction of sp³-hybridized carbons (Fsp3) is 0.182. The first-order valence-corrected chi connectivity index (χ1v) is 5.02. The van der Waals surface area contributed by atoms with Crippen molar-refractivity contribution in [3.05, 3.63) is 42.6 Å². The number of anilines is 2. The summed E-state index contributed by atoms with van der Waals surface area (Å²) in [6, 6.07) is 5.64. The monoisotopic (exact) mass is 215 g/mol. The van der Waals surface area contributed by atoms with Gasteiger partial charge in [-0.25, -0.2) is 9.97 Å². The summed E-state index contributed by atoms with van der Waals surface area (Å²) in [6.07, 6.45) is 5.22. The van der Waals surface area contributed by atoms with Crippen LogP contribution in [-0.2, 0) is 6.54 Å². The van der Waals surface area contributed by atoms with Crippen LogP contribution in [-0.4, -0.2) is 22.0 Å². The van der Waals surface area contributed by atoms with Gasteiger partial charge in [-0.15, -0.1) is 0 Å². The Morgan fingerprint density at radius 1 is 1.25 bits per heavy atom. The third-order valence-corrected chi connectivity index (χ3v) is 1.97. The summed E-state index contributed by atoms with van der Waals surface area (Å²) in [4.78, 5) is 12.5. The molecule has 0 saturated heterocycles. The van der Waals surface area contributed by atoms with Crippen molar-refractivity contribution in [3.8, 4) is 0 Å². The second-order valence-electron chi connectivity index (χ2n) is 3.26. The van der Waals surface area contributed by atoms with Crippen molar-refractivity contribution in [2.24, 2.45) is 0 Å². The van der Waals surface area contributed by atoms with Gasteiger partial charge in [0.2, 0.25) is 0 Å². The molecule has 2 N–H and O–H groups in total. The molecule has 0 aliphatic rings. The summed E-state index contributed by atoms with van der Waals surface area (Å²) >= 11 is 0. The molecule has 2 aromatic heterocycles. The van der Waals surface area contributed by atoms with Crippen LogP contribution in [0.4, 0.5) is 11.5 Å². The van der Waals surface area contributed by atoms with Crippen molar-refractivity contribution in [3.63, 3.8) is 0 Å². The van der Waals surface area contributed by atoms with Crippen molar-refractivity contribution in [1.82, 2.24) is 20.3 Å². The Labute approximate surface area is 94.0 Å². The van der Waals surface area contributed by atoms with Crippen molar-refractivity contribution < 1.29 is 0 Å². The predicted molar refractivity (Wildman–Crippen MR) is 62.3 cm³/mol. The zero-order valence-corrected chi connectivity index (χ0v) is 9.01. The van der Waals surface area contributed by atoms with Crippen molar-refractivity contribution >= 4 is 11.5 Å². The Morgan fingerprint density at radius 2 is 2.19 bits per heavy atom. The molecular formula is C11H13N5. The van der Waals surface area contributed by atoms with Crippen LogP contribution >= 0.6 is 0 Å².